The van der Waals surface area contributed by atoms with E-state index in [4.69, 9.17) is 8.22 Å². The van der Waals surface area contributed by atoms with E-state index >= 15 is 0 Å². The van der Waals surface area contributed by atoms with Gasteiger partial charge in [-0.25, -0.2) is 4.39 Å². The van der Waals surface area contributed by atoms with Gasteiger partial charge in [-0.2, -0.15) is 0 Å². The Kier molecular flexibility index (Phi) is 0.503. The number of rotatable bonds is 0. The van der Waals surface area contributed by atoms with Gasteiger partial charge in [-0.3, -0.25) is 0 Å². The minimum absolute atomic E-state index is 0.206. The summed E-state index contributed by atoms with van der Waals surface area (Å²) in [6.45, 7) is -1.54. The van der Waals surface area contributed by atoms with Crippen molar-refractivity contribution in [2.24, 2.45) is 0 Å². The molecule has 0 nitrogen and oxygen atoms in total. The molecule has 0 heterocycles. The van der Waals surface area contributed by atoms with Crippen LogP contribution in [0.3, 0.4) is 0 Å². The second-order valence-electron chi connectivity index (χ2n) is 1.69. The van der Waals surface area contributed by atoms with Gasteiger partial charge in [0.1, 0.15) is 5.82 Å². The first-order valence-corrected chi connectivity index (χ1v) is 2.44. The predicted octanol–water partition coefficient (Wildman–Crippen LogP) is 2.44. The average molecular weight is 130 g/mol. The Balaban J connectivity index is 3.68. The highest BCUT2D eigenvalue weighted by Crippen LogP contribution is 2.09. The molecule has 0 aliphatic carbocycles. The normalized spacial score (nSPS) is 20.7. The Morgan fingerprint density at radius 1 is 1.56 bits per heavy atom. The van der Waals surface area contributed by atoms with Crippen molar-refractivity contribution in [3.63, 3.8) is 0 Å². The van der Waals surface area contributed by atoms with Crippen LogP contribution in [0.5, 0.6) is 0 Å². The average Bonchev–Trinajstić information content (AvgIpc) is 2.09. The van der Waals surface area contributed by atoms with E-state index in [0.717, 1.165) is 0 Å². The lowest BCUT2D eigenvalue weighted by Crippen LogP contribution is -1.84. The van der Waals surface area contributed by atoms with Gasteiger partial charge in [0, 0.05) is 4.11 Å². The summed E-state index contributed by atoms with van der Waals surface area (Å²) in [6, 6.07) is -1.73. The molecule has 0 N–H and O–H groups in total. The van der Waals surface area contributed by atoms with E-state index in [1.54, 1.807) is 0 Å². The van der Waals surface area contributed by atoms with Crippen LogP contribution in [-0.2, 0) is 0 Å². The Morgan fingerprint density at radius 2 is 2.22 bits per heavy atom. The summed E-state index contributed by atoms with van der Waals surface area (Å²) < 4.78 is 56.6. The highest BCUT2D eigenvalue weighted by molar-refractivity contribution is 5.23. The lowest BCUT2D eigenvalue weighted by molar-refractivity contribution is 0.609. The Bertz CT molecular complexity index is 380. The minimum atomic E-state index is -2.77. The maximum absolute atomic E-state index is 13.5. The van der Waals surface area contributed by atoms with E-state index in [2.05, 4.69) is 0 Å². The second-order valence-corrected chi connectivity index (χ2v) is 1.69. The molecule has 0 unspecified atom stereocenters. The van der Waals surface area contributed by atoms with Crippen molar-refractivity contribution in [3.8, 4) is 0 Å². The lowest BCUT2D eigenvalue weighted by Gasteiger charge is -1.96. The first-order valence-electron chi connectivity index (χ1n) is 5.44. The smallest absolute Gasteiger partial charge is 0.129 e. The maximum atomic E-state index is 13.5. The molecule has 0 amide bonds. The molecular weight excluding hydrogens is 115 g/mol. The molecule has 1 heteroatoms. The zero-order chi connectivity index (χ0) is 12.0. The molecule has 0 bridgehead atoms. The molecular formula is C8H9F. The van der Waals surface area contributed by atoms with Crippen molar-refractivity contribution >= 4 is 0 Å². The van der Waals surface area contributed by atoms with Gasteiger partial charge < -0.3 is 0 Å². The molecule has 48 valence electrons. The van der Waals surface area contributed by atoms with E-state index in [9.17, 15) is 4.39 Å². The van der Waals surface area contributed by atoms with Crippen molar-refractivity contribution in [1.29, 1.82) is 0 Å². The lowest BCUT2D eigenvalue weighted by atomic mass is 10.1. The Hall–Kier alpha value is -0.850. The Morgan fingerprint density at radius 3 is 2.89 bits per heavy atom. The minimum Gasteiger partial charge on any atom is -0.206 e. The van der Waals surface area contributed by atoms with Crippen LogP contribution in [0.15, 0.2) is 18.1 Å². The van der Waals surface area contributed by atoms with Crippen LogP contribution in [0.4, 0.5) is 4.39 Å². The molecule has 0 aromatic heterocycles. The SMILES string of the molecule is [2H]c1c([2H])c(C)c(F)c(C([2H])([2H])[2H])c1[2H]. The molecule has 0 fully saturated rings. The zero-order valence-corrected chi connectivity index (χ0v) is 4.88. The summed E-state index contributed by atoms with van der Waals surface area (Å²) in [5.41, 5.74) is -0.983. The third kappa shape index (κ3) is 1.10. The fraction of sp³-hybridized carbons (Fsp3) is 0.250. The fourth-order valence-electron chi connectivity index (χ4n) is 0.485. The number of benzene rings is 1. The number of halogens is 1. The predicted molar refractivity (Wildman–Crippen MR) is 35.9 cm³/mol. The van der Waals surface area contributed by atoms with Crippen molar-refractivity contribution in [2.45, 2.75) is 13.8 Å². The second kappa shape index (κ2) is 2.18. The van der Waals surface area contributed by atoms with Crippen molar-refractivity contribution in [3.05, 3.63) is 35.1 Å². The number of hydrogen-bond acceptors (Lipinski definition) is 0. The highest BCUT2D eigenvalue weighted by atomic mass is 19.1. The highest BCUT2D eigenvalue weighted by Gasteiger charge is 1.96. The summed E-state index contributed by atoms with van der Waals surface area (Å²) in [5, 5.41) is 0. The van der Waals surface area contributed by atoms with Crippen LogP contribution in [0, 0.1) is 19.6 Å². The third-order valence-electron chi connectivity index (χ3n) is 0.986. The van der Waals surface area contributed by atoms with Gasteiger partial charge >= 0.3 is 0 Å². The van der Waals surface area contributed by atoms with E-state index in [0.29, 0.717) is 0 Å². The van der Waals surface area contributed by atoms with Crippen molar-refractivity contribution in [2.75, 3.05) is 0 Å². The maximum Gasteiger partial charge on any atom is 0.129 e. The molecule has 0 spiro atoms. The molecule has 1 aromatic rings. The third-order valence-corrected chi connectivity index (χ3v) is 0.986. The summed E-state index contributed by atoms with van der Waals surface area (Å²) >= 11 is 0. The fourth-order valence-corrected chi connectivity index (χ4v) is 0.485. The summed E-state index contributed by atoms with van der Waals surface area (Å²) in [7, 11) is 0. The first kappa shape index (κ1) is 2.08. The van der Waals surface area contributed by atoms with E-state index in [1.165, 1.54) is 6.92 Å². The molecule has 0 atom stereocenters. The van der Waals surface area contributed by atoms with Crippen LogP contribution in [-0.4, -0.2) is 0 Å². The molecule has 0 saturated carbocycles. The summed E-state index contributed by atoms with van der Waals surface area (Å²) in [5.74, 6) is -1.08. The number of hydrogen-bond donors (Lipinski definition) is 0. The van der Waals surface area contributed by atoms with Gasteiger partial charge in [0.15, 0.2) is 0 Å². The van der Waals surface area contributed by atoms with Crippen LogP contribution in [0.1, 0.15) is 19.4 Å². The molecule has 0 aliphatic heterocycles. The van der Waals surface area contributed by atoms with E-state index < -0.39 is 36.4 Å². The molecule has 0 aliphatic rings. The van der Waals surface area contributed by atoms with Gasteiger partial charge in [-0.05, 0) is 24.9 Å². The molecule has 1 aromatic carbocycles. The first-order chi connectivity index (χ1) is 6.68. The molecule has 0 radical (unpaired) electrons. The quantitative estimate of drug-likeness (QED) is 0.506. The zero-order valence-electron chi connectivity index (χ0n) is 10.9. The van der Waals surface area contributed by atoms with Gasteiger partial charge in [0.05, 0.1) is 4.11 Å². The van der Waals surface area contributed by atoms with Crippen molar-refractivity contribution < 1.29 is 12.6 Å². The van der Waals surface area contributed by atoms with E-state index in [-0.39, 0.29) is 5.56 Å². The summed E-state index contributed by atoms with van der Waals surface area (Å²) in [4.78, 5) is 0. The van der Waals surface area contributed by atoms with E-state index in [1.807, 2.05) is 0 Å². The van der Waals surface area contributed by atoms with Gasteiger partial charge in [0.25, 0.3) is 0 Å². The van der Waals surface area contributed by atoms with Crippen molar-refractivity contribution in [1.82, 2.24) is 0 Å². The Labute approximate surface area is 62.8 Å². The largest absolute Gasteiger partial charge is 0.206 e. The monoisotopic (exact) mass is 130 g/mol. The van der Waals surface area contributed by atoms with Gasteiger partial charge in [-0.1, -0.05) is 18.1 Å². The molecule has 0 saturated heterocycles. The van der Waals surface area contributed by atoms with Gasteiger partial charge in [0.2, 0.25) is 0 Å². The molecule has 1 rings (SSSR count). The topological polar surface area (TPSA) is 0 Å². The van der Waals surface area contributed by atoms with Crippen LogP contribution < -0.4 is 0 Å². The molecule has 9 heavy (non-hydrogen) atoms. The van der Waals surface area contributed by atoms with Crippen LogP contribution >= 0.6 is 0 Å². The standard InChI is InChI=1S/C8H9F/c1-6-4-3-5-7(2)8(6)9/h3-5H,1-2H3/i1D3,3D,4D,5D. The van der Waals surface area contributed by atoms with Crippen LogP contribution in [0.25, 0.3) is 0 Å². The van der Waals surface area contributed by atoms with Crippen LogP contribution in [0.2, 0.25) is 0 Å². The summed E-state index contributed by atoms with van der Waals surface area (Å²) in [6.07, 6.45) is 0. The van der Waals surface area contributed by atoms with Gasteiger partial charge in [-0.15, -0.1) is 0 Å².